The van der Waals surface area contributed by atoms with Crippen LogP contribution in [0.3, 0.4) is 0 Å². The maximum absolute atomic E-state index is 10.6. The smallest absolute Gasteiger partial charge is 0.217 e. The molecule has 0 radical (unpaired) electrons. The molecule has 1 amide bonds. The van der Waals surface area contributed by atoms with Gasteiger partial charge in [0.15, 0.2) is 0 Å². The molecule has 3 heteroatoms. The van der Waals surface area contributed by atoms with Gasteiger partial charge in [0.1, 0.15) is 0 Å². The van der Waals surface area contributed by atoms with Gasteiger partial charge in [-0.1, -0.05) is 32.6 Å². The molecule has 0 aliphatic heterocycles. The summed E-state index contributed by atoms with van der Waals surface area (Å²) >= 11 is 0. The van der Waals surface area contributed by atoms with E-state index in [1.807, 2.05) is 0 Å². The molecule has 0 bridgehead atoms. The van der Waals surface area contributed by atoms with Gasteiger partial charge in [0.2, 0.25) is 5.91 Å². The molecular formula is C14H28N2O. The van der Waals surface area contributed by atoms with E-state index < -0.39 is 0 Å². The highest BCUT2D eigenvalue weighted by Crippen LogP contribution is 2.26. The van der Waals surface area contributed by atoms with E-state index in [2.05, 4.69) is 12.2 Å². The van der Waals surface area contributed by atoms with Gasteiger partial charge < -0.3 is 11.1 Å². The Morgan fingerprint density at radius 1 is 1.29 bits per heavy atom. The zero-order valence-corrected chi connectivity index (χ0v) is 11.2. The van der Waals surface area contributed by atoms with Crippen molar-refractivity contribution < 1.29 is 4.79 Å². The Labute approximate surface area is 106 Å². The number of hydrogen-bond donors (Lipinski definition) is 2. The van der Waals surface area contributed by atoms with Gasteiger partial charge in [0, 0.05) is 12.5 Å². The summed E-state index contributed by atoms with van der Waals surface area (Å²) in [5, 5.41) is 3.57. The number of nitrogens with one attached hydrogen (secondary N) is 1. The summed E-state index contributed by atoms with van der Waals surface area (Å²) in [6.45, 7) is 3.22. The van der Waals surface area contributed by atoms with Crippen molar-refractivity contribution in [2.24, 2.45) is 11.7 Å². The zero-order valence-electron chi connectivity index (χ0n) is 11.2. The number of amides is 1. The first-order chi connectivity index (χ1) is 8.22. The van der Waals surface area contributed by atoms with Crippen molar-refractivity contribution in [2.75, 3.05) is 6.54 Å². The average molecular weight is 240 g/mol. The first-order valence-corrected chi connectivity index (χ1v) is 7.24. The van der Waals surface area contributed by atoms with Crippen LogP contribution in [0.2, 0.25) is 0 Å². The lowest BCUT2D eigenvalue weighted by Gasteiger charge is -2.16. The molecule has 0 spiro atoms. The fourth-order valence-corrected chi connectivity index (χ4v) is 2.85. The topological polar surface area (TPSA) is 55.1 Å². The molecule has 2 atom stereocenters. The van der Waals surface area contributed by atoms with Gasteiger partial charge in [-0.15, -0.1) is 0 Å². The highest BCUT2D eigenvalue weighted by atomic mass is 16.1. The lowest BCUT2D eigenvalue weighted by Crippen LogP contribution is -2.30. The molecule has 2 unspecified atom stereocenters. The summed E-state index contributed by atoms with van der Waals surface area (Å²) in [5.41, 5.74) is 5.12. The summed E-state index contributed by atoms with van der Waals surface area (Å²) < 4.78 is 0. The van der Waals surface area contributed by atoms with Crippen LogP contribution in [0.1, 0.15) is 64.7 Å². The summed E-state index contributed by atoms with van der Waals surface area (Å²) in [5.74, 6) is 0.771. The molecule has 1 aliphatic rings. The van der Waals surface area contributed by atoms with Gasteiger partial charge >= 0.3 is 0 Å². The fourth-order valence-electron chi connectivity index (χ4n) is 2.85. The van der Waals surface area contributed by atoms with Gasteiger partial charge in [0.05, 0.1) is 0 Å². The predicted octanol–water partition coefficient (Wildman–Crippen LogP) is 2.59. The second-order valence-electron chi connectivity index (χ2n) is 5.38. The van der Waals surface area contributed by atoms with Crippen molar-refractivity contribution in [1.82, 2.24) is 5.32 Å². The van der Waals surface area contributed by atoms with E-state index in [4.69, 9.17) is 5.73 Å². The van der Waals surface area contributed by atoms with Gasteiger partial charge in [-0.05, 0) is 38.1 Å². The van der Waals surface area contributed by atoms with Crippen molar-refractivity contribution in [2.45, 2.75) is 70.8 Å². The summed E-state index contributed by atoms with van der Waals surface area (Å²) in [4.78, 5) is 10.6. The molecule has 1 fully saturated rings. The minimum atomic E-state index is -0.185. The number of primary amides is 1. The molecule has 100 valence electrons. The molecule has 1 aliphatic carbocycles. The largest absolute Gasteiger partial charge is 0.370 e. The Morgan fingerprint density at radius 2 is 2.12 bits per heavy atom. The van der Waals surface area contributed by atoms with Crippen LogP contribution in [0.25, 0.3) is 0 Å². The Bertz CT molecular complexity index is 218. The Hall–Kier alpha value is -0.570. The van der Waals surface area contributed by atoms with E-state index >= 15 is 0 Å². The summed E-state index contributed by atoms with van der Waals surface area (Å²) in [6.07, 6.45) is 10.9. The molecule has 1 saturated carbocycles. The standard InChI is InChI=1S/C14H28N2O/c1-2-5-12-6-3-7-13(10-9-12)16-11-4-8-14(15)17/h12-13,16H,2-11H2,1H3,(H2,15,17). The first kappa shape index (κ1) is 14.5. The van der Waals surface area contributed by atoms with Gasteiger partial charge in [-0.25, -0.2) is 0 Å². The van der Waals surface area contributed by atoms with Crippen LogP contribution in [0.5, 0.6) is 0 Å². The molecule has 0 aromatic rings. The fraction of sp³-hybridized carbons (Fsp3) is 0.929. The summed E-state index contributed by atoms with van der Waals surface area (Å²) in [6, 6.07) is 0.671. The van der Waals surface area contributed by atoms with Crippen molar-refractivity contribution in [3.8, 4) is 0 Å². The van der Waals surface area contributed by atoms with Crippen LogP contribution in [-0.4, -0.2) is 18.5 Å². The predicted molar refractivity (Wildman–Crippen MR) is 71.7 cm³/mol. The van der Waals surface area contributed by atoms with Crippen molar-refractivity contribution >= 4 is 5.91 Å². The molecule has 3 nitrogen and oxygen atoms in total. The first-order valence-electron chi connectivity index (χ1n) is 7.24. The van der Waals surface area contributed by atoms with E-state index in [9.17, 15) is 4.79 Å². The molecule has 0 heterocycles. The molecule has 17 heavy (non-hydrogen) atoms. The third kappa shape index (κ3) is 6.67. The number of hydrogen-bond acceptors (Lipinski definition) is 2. The van der Waals surface area contributed by atoms with Crippen LogP contribution in [0.15, 0.2) is 0 Å². The minimum Gasteiger partial charge on any atom is -0.370 e. The van der Waals surface area contributed by atoms with Crippen LogP contribution in [0.4, 0.5) is 0 Å². The lowest BCUT2D eigenvalue weighted by atomic mass is 9.95. The second kappa shape index (κ2) is 8.51. The molecule has 1 rings (SSSR count). The van der Waals surface area contributed by atoms with Gasteiger partial charge in [-0.3, -0.25) is 4.79 Å². The maximum atomic E-state index is 10.6. The van der Waals surface area contributed by atoms with Crippen LogP contribution < -0.4 is 11.1 Å². The average Bonchev–Trinajstić information content (AvgIpc) is 2.51. The normalized spacial score (nSPS) is 25.5. The van der Waals surface area contributed by atoms with Crippen LogP contribution in [0, 0.1) is 5.92 Å². The number of rotatable bonds is 7. The molecule has 3 N–H and O–H groups in total. The van der Waals surface area contributed by atoms with Gasteiger partial charge in [0.25, 0.3) is 0 Å². The number of nitrogens with two attached hydrogens (primary N) is 1. The van der Waals surface area contributed by atoms with E-state index in [0.29, 0.717) is 12.5 Å². The van der Waals surface area contributed by atoms with Crippen molar-refractivity contribution in [3.05, 3.63) is 0 Å². The second-order valence-corrected chi connectivity index (χ2v) is 5.38. The SMILES string of the molecule is CCCC1CCCC(NCCCC(N)=O)CC1. The Morgan fingerprint density at radius 3 is 2.82 bits per heavy atom. The highest BCUT2D eigenvalue weighted by Gasteiger charge is 2.17. The van der Waals surface area contributed by atoms with Crippen molar-refractivity contribution in [3.63, 3.8) is 0 Å². The number of carbonyl (C=O) groups is 1. The van der Waals surface area contributed by atoms with Crippen molar-refractivity contribution in [1.29, 1.82) is 0 Å². The highest BCUT2D eigenvalue weighted by molar-refractivity contribution is 5.73. The molecule has 0 saturated heterocycles. The lowest BCUT2D eigenvalue weighted by molar-refractivity contribution is -0.118. The van der Waals surface area contributed by atoms with E-state index in [1.165, 1.54) is 44.9 Å². The van der Waals surface area contributed by atoms with E-state index in [-0.39, 0.29) is 5.91 Å². The molecular weight excluding hydrogens is 212 g/mol. The third-order valence-corrected chi connectivity index (χ3v) is 3.82. The molecule has 0 aromatic carbocycles. The zero-order chi connectivity index (χ0) is 12.5. The van der Waals surface area contributed by atoms with Crippen LogP contribution in [-0.2, 0) is 4.79 Å². The monoisotopic (exact) mass is 240 g/mol. The van der Waals surface area contributed by atoms with Gasteiger partial charge in [-0.2, -0.15) is 0 Å². The number of carbonyl (C=O) groups excluding carboxylic acids is 1. The Kier molecular flexibility index (Phi) is 7.25. The third-order valence-electron chi connectivity index (χ3n) is 3.82. The minimum absolute atomic E-state index is 0.185. The molecule has 0 aromatic heterocycles. The van der Waals surface area contributed by atoms with E-state index in [1.54, 1.807) is 0 Å². The summed E-state index contributed by atoms with van der Waals surface area (Å²) in [7, 11) is 0. The van der Waals surface area contributed by atoms with E-state index in [0.717, 1.165) is 18.9 Å². The quantitative estimate of drug-likeness (QED) is 0.531. The van der Waals surface area contributed by atoms with Crippen LogP contribution >= 0.6 is 0 Å². The maximum Gasteiger partial charge on any atom is 0.217 e. The Balaban J connectivity index is 2.11.